The zero-order valence-electron chi connectivity index (χ0n) is 9.96. The maximum atomic E-state index is 11.1. The fraction of sp³-hybridized carbons (Fsp3) is 0.667. The van der Waals surface area contributed by atoms with Gasteiger partial charge in [-0.2, -0.15) is 5.26 Å². The third-order valence-corrected chi connectivity index (χ3v) is 1.84. The third kappa shape index (κ3) is 6.73. The zero-order chi connectivity index (χ0) is 12.1. The number of carbonyl (C=O) groups is 1. The molecule has 0 saturated heterocycles. The van der Waals surface area contributed by atoms with Crippen LogP contribution in [-0.2, 0) is 9.53 Å². The van der Waals surface area contributed by atoms with Crippen LogP contribution < -0.4 is 0 Å². The smallest absolute Gasteiger partial charge is 0.348 e. The van der Waals surface area contributed by atoms with Gasteiger partial charge in [0.15, 0.2) is 0 Å². The number of hydrogen-bond donors (Lipinski definition) is 0. The minimum absolute atomic E-state index is 0.141. The van der Waals surface area contributed by atoms with Gasteiger partial charge in [-0.25, -0.2) is 4.79 Å². The number of hydrogen-bond acceptors (Lipinski definition) is 3. The molecule has 0 radical (unpaired) electrons. The maximum Gasteiger partial charge on any atom is 0.348 e. The SMILES string of the molecule is C=C(C#N)C(=O)OCC(C)CC(C)(C)C. The number of carbonyl (C=O) groups excluding carboxylic acids is 1. The topological polar surface area (TPSA) is 50.1 Å². The first kappa shape index (κ1) is 13.7. The van der Waals surface area contributed by atoms with Crippen molar-refractivity contribution >= 4 is 5.97 Å². The van der Waals surface area contributed by atoms with E-state index in [1.807, 2.05) is 6.92 Å². The Bertz CT molecular complexity index is 281. The van der Waals surface area contributed by atoms with Crippen LogP contribution in [0.2, 0.25) is 0 Å². The molecule has 15 heavy (non-hydrogen) atoms. The Morgan fingerprint density at radius 1 is 1.53 bits per heavy atom. The molecule has 0 rings (SSSR count). The average Bonchev–Trinajstić information content (AvgIpc) is 2.10. The second-order valence-electron chi connectivity index (χ2n) is 5.06. The van der Waals surface area contributed by atoms with Crippen molar-refractivity contribution in [3.05, 3.63) is 12.2 Å². The highest BCUT2D eigenvalue weighted by Gasteiger charge is 2.17. The lowest BCUT2D eigenvalue weighted by atomic mass is 9.86. The van der Waals surface area contributed by atoms with Gasteiger partial charge in [-0.15, -0.1) is 0 Å². The van der Waals surface area contributed by atoms with Crippen molar-refractivity contribution in [1.29, 1.82) is 5.26 Å². The van der Waals surface area contributed by atoms with Crippen LogP contribution in [0.15, 0.2) is 12.2 Å². The van der Waals surface area contributed by atoms with Crippen molar-refractivity contribution in [2.45, 2.75) is 34.1 Å². The normalized spacial score (nSPS) is 12.7. The van der Waals surface area contributed by atoms with Crippen LogP contribution in [0, 0.1) is 22.7 Å². The lowest BCUT2D eigenvalue weighted by Crippen LogP contribution is -2.18. The molecule has 3 heteroatoms. The molecule has 0 fully saturated rings. The average molecular weight is 209 g/mol. The van der Waals surface area contributed by atoms with Crippen molar-refractivity contribution in [1.82, 2.24) is 0 Å². The summed E-state index contributed by atoms with van der Waals surface area (Å²) in [6.07, 6.45) is 0.972. The van der Waals surface area contributed by atoms with E-state index in [1.165, 1.54) is 0 Å². The van der Waals surface area contributed by atoms with Crippen LogP contribution in [0.25, 0.3) is 0 Å². The van der Waals surface area contributed by atoms with E-state index >= 15 is 0 Å². The van der Waals surface area contributed by atoms with Crippen LogP contribution in [-0.4, -0.2) is 12.6 Å². The Labute approximate surface area is 91.7 Å². The predicted octanol–water partition coefficient (Wildman–Crippen LogP) is 2.68. The van der Waals surface area contributed by atoms with E-state index in [9.17, 15) is 4.79 Å². The van der Waals surface area contributed by atoms with E-state index < -0.39 is 5.97 Å². The monoisotopic (exact) mass is 209 g/mol. The molecule has 0 aromatic heterocycles. The van der Waals surface area contributed by atoms with Crippen molar-refractivity contribution < 1.29 is 9.53 Å². The highest BCUT2D eigenvalue weighted by Crippen LogP contribution is 2.24. The van der Waals surface area contributed by atoms with Gasteiger partial charge in [-0.05, 0) is 17.8 Å². The van der Waals surface area contributed by atoms with Gasteiger partial charge in [-0.3, -0.25) is 0 Å². The van der Waals surface area contributed by atoms with E-state index in [0.717, 1.165) is 6.42 Å². The lowest BCUT2D eigenvalue weighted by Gasteiger charge is -2.22. The van der Waals surface area contributed by atoms with Crippen molar-refractivity contribution in [3.63, 3.8) is 0 Å². The van der Waals surface area contributed by atoms with E-state index in [4.69, 9.17) is 10.00 Å². The Hall–Kier alpha value is -1.30. The first-order chi connectivity index (χ1) is 6.76. The Morgan fingerprint density at radius 2 is 2.07 bits per heavy atom. The molecule has 84 valence electrons. The number of rotatable bonds is 4. The van der Waals surface area contributed by atoms with Crippen LogP contribution in [0.1, 0.15) is 34.1 Å². The number of ether oxygens (including phenoxy) is 1. The number of nitrogens with zero attached hydrogens (tertiary/aromatic N) is 1. The van der Waals surface area contributed by atoms with Gasteiger partial charge in [-0.1, -0.05) is 34.3 Å². The minimum Gasteiger partial charge on any atom is -0.461 e. The van der Waals surface area contributed by atoms with Crippen LogP contribution in [0.4, 0.5) is 0 Å². The van der Waals surface area contributed by atoms with Crippen molar-refractivity contribution in [2.75, 3.05) is 6.61 Å². The molecule has 0 amide bonds. The van der Waals surface area contributed by atoms with E-state index in [0.29, 0.717) is 12.5 Å². The van der Waals surface area contributed by atoms with Gasteiger partial charge in [0.05, 0.1) is 6.61 Å². The molecule has 0 bridgehead atoms. The molecule has 0 spiro atoms. The molecule has 0 aliphatic heterocycles. The molecule has 0 saturated carbocycles. The van der Waals surface area contributed by atoms with Crippen LogP contribution in [0.5, 0.6) is 0 Å². The highest BCUT2D eigenvalue weighted by atomic mass is 16.5. The van der Waals surface area contributed by atoms with E-state index in [2.05, 4.69) is 27.4 Å². The molecular formula is C12H19NO2. The first-order valence-electron chi connectivity index (χ1n) is 5.02. The maximum absolute atomic E-state index is 11.1. The summed E-state index contributed by atoms with van der Waals surface area (Å²) in [5.41, 5.74) is 0.0795. The molecule has 1 unspecified atom stereocenters. The molecule has 0 heterocycles. The summed E-state index contributed by atoms with van der Waals surface area (Å²) in [7, 11) is 0. The van der Waals surface area contributed by atoms with Crippen molar-refractivity contribution in [3.8, 4) is 6.07 Å². The summed E-state index contributed by atoms with van der Waals surface area (Å²) in [4.78, 5) is 11.1. The minimum atomic E-state index is -0.613. The van der Waals surface area contributed by atoms with E-state index in [-0.39, 0.29) is 11.0 Å². The molecule has 0 N–H and O–H groups in total. The Morgan fingerprint density at radius 3 is 2.47 bits per heavy atom. The standard InChI is InChI=1S/C12H19NO2/c1-9(6-12(3,4)5)8-15-11(14)10(2)7-13/h9H,2,6,8H2,1,3-5H3. The molecule has 0 aliphatic carbocycles. The highest BCUT2D eigenvalue weighted by molar-refractivity contribution is 5.91. The van der Waals surface area contributed by atoms with Crippen LogP contribution in [0.3, 0.4) is 0 Å². The summed E-state index contributed by atoms with van der Waals surface area (Å²) in [5, 5.41) is 8.41. The fourth-order valence-corrected chi connectivity index (χ4v) is 1.46. The second-order valence-corrected chi connectivity index (χ2v) is 5.06. The lowest BCUT2D eigenvalue weighted by molar-refractivity contribution is -0.140. The number of nitriles is 1. The molecule has 0 aromatic carbocycles. The largest absolute Gasteiger partial charge is 0.461 e. The van der Waals surface area contributed by atoms with Crippen LogP contribution >= 0.6 is 0 Å². The molecule has 1 atom stereocenters. The van der Waals surface area contributed by atoms with Crippen molar-refractivity contribution in [2.24, 2.45) is 11.3 Å². The zero-order valence-corrected chi connectivity index (χ0v) is 9.96. The van der Waals surface area contributed by atoms with Gasteiger partial charge in [0, 0.05) is 0 Å². The third-order valence-electron chi connectivity index (χ3n) is 1.84. The Balaban J connectivity index is 3.93. The van der Waals surface area contributed by atoms with Gasteiger partial charge in [0.2, 0.25) is 0 Å². The molecule has 0 aliphatic rings. The quantitative estimate of drug-likeness (QED) is 0.406. The summed E-state index contributed by atoms with van der Waals surface area (Å²) in [5.74, 6) is -0.321. The summed E-state index contributed by atoms with van der Waals surface area (Å²) >= 11 is 0. The summed E-state index contributed by atoms with van der Waals surface area (Å²) < 4.78 is 4.94. The molecule has 0 aromatic rings. The molecular weight excluding hydrogens is 190 g/mol. The Kier molecular flexibility index (Phi) is 5.07. The molecule has 3 nitrogen and oxygen atoms in total. The fourth-order valence-electron chi connectivity index (χ4n) is 1.46. The number of esters is 1. The van der Waals surface area contributed by atoms with Gasteiger partial charge < -0.3 is 4.74 Å². The van der Waals surface area contributed by atoms with E-state index in [1.54, 1.807) is 6.07 Å². The van der Waals surface area contributed by atoms with Gasteiger partial charge in [0.25, 0.3) is 0 Å². The second kappa shape index (κ2) is 5.55. The predicted molar refractivity (Wildman–Crippen MR) is 58.9 cm³/mol. The van der Waals surface area contributed by atoms with Gasteiger partial charge >= 0.3 is 5.97 Å². The van der Waals surface area contributed by atoms with Gasteiger partial charge in [0.1, 0.15) is 11.6 Å². The summed E-state index contributed by atoms with van der Waals surface area (Å²) in [6.45, 7) is 12.1. The summed E-state index contributed by atoms with van der Waals surface area (Å²) in [6, 6.07) is 1.67. The first-order valence-corrected chi connectivity index (χ1v) is 5.02.